The van der Waals surface area contributed by atoms with Gasteiger partial charge >= 0.3 is 0 Å². The highest BCUT2D eigenvalue weighted by Crippen LogP contribution is 2.16. The molecule has 2 heterocycles. The number of ether oxygens (including phenoxy) is 1. The molecule has 2 rings (SSSR count). The summed E-state index contributed by atoms with van der Waals surface area (Å²) in [6.45, 7) is 1.51. The van der Waals surface area contributed by atoms with Crippen LogP contribution in [0.15, 0.2) is 5.38 Å². The second-order valence-corrected chi connectivity index (χ2v) is 5.08. The number of thiazole rings is 1. The Kier molecular flexibility index (Phi) is 3.96. The summed E-state index contributed by atoms with van der Waals surface area (Å²) < 4.78 is 5.30. The lowest BCUT2D eigenvalue weighted by atomic mass is 10.1. The number of nitrogens with zero attached hydrogens (tertiary/aromatic N) is 2. The molecule has 1 aliphatic rings. The van der Waals surface area contributed by atoms with Gasteiger partial charge < -0.3 is 15.4 Å². The van der Waals surface area contributed by atoms with Crippen molar-refractivity contribution >= 4 is 22.4 Å². The summed E-state index contributed by atoms with van der Waals surface area (Å²) in [5.74, 6) is 0.108. The third kappa shape index (κ3) is 3.17. The number of aromatic nitrogens is 1. The lowest BCUT2D eigenvalue weighted by molar-refractivity contribution is -0.134. The summed E-state index contributed by atoms with van der Waals surface area (Å²) in [4.78, 5) is 18.0. The quantitative estimate of drug-likeness (QED) is 0.871. The molecule has 0 aliphatic carbocycles. The number of likely N-dealkylation sites (tertiary alicyclic amines) is 1. The molecule has 1 saturated heterocycles. The van der Waals surface area contributed by atoms with Crippen molar-refractivity contribution in [3.63, 3.8) is 0 Å². The Morgan fingerprint density at radius 2 is 2.59 bits per heavy atom. The Morgan fingerprint density at radius 1 is 1.76 bits per heavy atom. The standard InChI is InChI=1S/C11H17N3O2S/c1-16-9-3-2-4-14(6-9)10(15)5-8-7-17-11(12)13-8/h7,9H,2-6H2,1H3,(H2,12,13). The molecule has 17 heavy (non-hydrogen) atoms. The number of hydrogen-bond donors (Lipinski definition) is 1. The number of nitrogen functional groups attached to an aromatic ring is 1. The van der Waals surface area contributed by atoms with Gasteiger partial charge in [0.15, 0.2) is 5.13 Å². The van der Waals surface area contributed by atoms with E-state index in [1.807, 2.05) is 10.3 Å². The fourth-order valence-corrected chi connectivity index (χ4v) is 2.59. The smallest absolute Gasteiger partial charge is 0.228 e. The summed E-state index contributed by atoms with van der Waals surface area (Å²) in [7, 11) is 1.69. The summed E-state index contributed by atoms with van der Waals surface area (Å²) in [5, 5.41) is 2.35. The van der Waals surface area contributed by atoms with E-state index >= 15 is 0 Å². The van der Waals surface area contributed by atoms with Gasteiger partial charge in [-0.15, -0.1) is 11.3 Å². The van der Waals surface area contributed by atoms with Gasteiger partial charge in [-0.25, -0.2) is 4.98 Å². The minimum absolute atomic E-state index is 0.108. The van der Waals surface area contributed by atoms with E-state index in [-0.39, 0.29) is 12.0 Å². The van der Waals surface area contributed by atoms with Gasteiger partial charge in [0.05, 0.1) is 18.2 Å². The van der Waals surface area contributed by atoms with Crippen LogP contribution in [0.2, 0.25) is 0 Å². The molecule has 0 aromatic carbocycles. The van der Waals surface area contributed by atoms with E-state index in [9.17, 15) is 4.79 Å². The van der Waals surface area contributed by atoms with Gasteiger partial charge in [0.25, 0.3) is 0 Å². The van der Waals surface area contributed by atoms with Gasteiger partial charge in [0.1, 0.15) is 0 Å². The van der Waals surface area contributed by atoms with Crippen molar-refractivity contribution in [1.82, 2.24) is 9.88 Å². The second-order valence-electron chi connectivity index (χ2n) is 4.19. The summed E-state index contributed by atoms with van der Waals surface area (Å²) in [6, 6.07) is 0. The zero-order chi connectivity index (χ0) is 12.3. The molecule has 94 valence electrons. The van der Waals surface area contributed by atoms with Crippen LogP contribution in [0.3, 0.4) is 0 Å². The summed E-state index contributed by atoms with van der Waals surface area (Å²) in [6.07, 6.45) is 2.55. The molecule has 5 nitrogen and oxygen atoms in total. The minimum Gasteiger partial charge on any atom is -0.380 e. The van der Waals surface area contributed by atoms with E-state index in [4.69, 9.17) is 10.5 Å². The molecule has 2 N–H and O–H groups in total. The van der Waals surface area contributed by atoms with Crippen LogP contribution in [0.25, 0.3) is 0 Å². The number of piperidine rings is 1. The number of anilines is 1. The van der Waals surface area contributed by atoms with Crippen molar-refractivity contribution in [2.24, 2.45) is 0 Å². The van der Waals surface area contributed by atoms with Crippen molar-refractivity contribution in [2.75, 3.05) is 25.9 Å². The van der Waals surface area contributed by atoms with Crippen molar-refractivity contribution in [2.45, 2.75) is 25.4 Å². The van der Waals surface area contributed by atoms with E-state index in [1.54, 1.807) is 7.11 Å². The molecule has 6 heteroatoms. The Labute approximate surface area is 105 Å². The number of methoxy groups -OCH3 is 1. The Bertz CT molecular complexity index is 394. The lowest BCUT2D eigenvalue weighted by Gasteiger charge is -2.31. The highest BCUT2D eigenvalue weighted by atomic mass is 32.1. The molecular formula is C11H17N3O2S. The van der Waals surface area contributed by atoms with Crippen LogP contribution in [0.5, 0.6) is 0 Å². The average Bonchev–Trinajstić information content (AvgIpc) is 2.75. The van der Waals surface area contributed by atoms with E-state index < -0.39 is 0 Å². The van der Waals surface area contributed by atoms with Crippen LogP contribution < -0.4 is 5.73 Å². The maximum absolute atomic E-state index is 12.0. The SMILES string of the molecule is COC1CCCN(C(=O)Cc2csc(N)n2)C1. The largest absolute Gasteiger partial charge is 0.380 e. The van der Waals surface area contributed by atoms with Crippen molar-refractivity contribution in [1.29, 1.82) is 0 Å². The average molecular weight is 255 g/mol. The van der Waals surface area contributed by atoms with E-state index in [1.165, 1.54) is 11.3 Å². The van der Waals surface area contributed by atoms with Crippen LogP contribution in [0.1, 0.15) is 18.5 Å². The van der Waals surface area contributed by atoms with Gasteiger partial charge in [-0.05, 0) is 12.8 Å². The van der Waals surface area contributed by atoms with Crippen molar-refractivity contribution < 1.29 is 9.53 Å². The number of rotatable bonds is 3. The van der Waals surface area contributed by atoms with Gasteiger partial charge in [0.2, 0.25) is 5.91 Å². The molecule has 0 spiro atoms. The fourth-order valence-electron chi connectivity index (χ4n) is 2.03. The van der Waals surface area contributed by atoms with Crippen molar-refractivity contribution in [3.05, 3.63) is 11.1 Å². The van der Waals surface area contributed by atoms with Crippen molar-refractivity contribution in [3.8, 4) is 0 Å². The molecule has 1 aromatic rings. The molecule has 1 aliphatic heterocycles. The third-order valence-electron chi connectivity index (χ3n) is 2.97. The molecular weight excluding hydrogens is 238 g/mol. The topological polar surface area (TPSA) is 68.5 Å². The van der Waals surface area contributed by atoms with E-state index in [0.717, 1.165) is 25.1 Å². The first kappa shape index (κ1) is 12.3. The van der Waals surface area contributed by atoms with Gasteiger partial charge in [-0.1, -0.05) is 0 Å². The predicted octanol–water partition coefficient (Wildman–Crippen LogP) is 0.905. The zero-order valence-corrected chi connectivity index (χ0v) is 10.7. The third-order valence-corrected chi connectivity index (χ3v) is 3.69. The van der Waals surface area contributed by atoms with Crippen LogP contribution >= 0.6 is 11.3 Å². The molecule has 1 fully saturated rings. The summed E-state index contributed by atoms with van der Waals surface area (Å²) >= 11 is 1.37. The lowest BCUT2D eigenvalue weighted by Crippen LogP contribution is -2.43. The minimum atomic E-state index is 0.108. The number of hydrogen-bond acceptors (Lipinski definition) is 5. The monoisotopic (exact) mass is 255 g/mol. The highest BCUT2D eigenvalue weighted by Gasteiger charge is 2.23. The van der Waals surface area contributed by atoms with Gasteiger partial charge in [0, 0.05) is 25.6 Å². The zero-order valence-electron chi connectivity index (χ0n) is 9.89. The first-order valence-corrected chi connectivity index (χ1v) is 6.57. The van der Waals surface area contributed by atoms with Crippen LogP contribution in [0, 0.1) is 0 Å². The molecule has 0 radical (unpaired) electrons. The molecule has 1 atom stereocenters. The van der Waals surface area contributed by atoms with Crippen LogP contribution in [-0.4, -0.2) is 42.1 Å². The van der Waals surface area contributed by atoms with Crippen LogP contribution in [-0.2, 0) is 16.0 Å². The van der Waals surface area contributed by atoms with Gasteiger partial charge in [-0.2, -0.15) is 0 Å². The first-order valence-electron chi connectivity index (χ1n) is 5.69. The molecule has 1 amide bonds. The Hall–Kier alpha value is -1.14. The molecule has 1 unspecified atom stereocenters. The van der Waals surface area contributed by atoms with Gasteiger partial charge in [-0.3, -0.25) is 4.79 Å². The second kappa shape index (κ2) is 5.46. The number of carbonyl (C=O) groups excluding carboxylic acids is 1. The Balaban J connectivity index is 1.91. The first-order chi connectivity index (χ1) is 8.19. The maximum atomic E-state index is 12.0. The maximum Gasteiger partial charge on any atom is 0.228 e. The number of amides is 1. The normalized spacial score (nSPS) is 20.5. The predicted molar refractivity (Wildman–Crippen MR) is 66.8 cm³/mol. The van der Waals surface area contributed by atoms with E-state index in [2.05, 4.69) is 4.98 Å². The van der Waals surface area contributed by atoms with E-state index in [0.29, 0.717) is 18.1 Å². The Morgan fingerprint density at radius 3 is 3.24 bits per heavy atom. The van der Waals surface area contributed by atoms with Crippen LogP contribution in [0.4, 0.5) is 5.13 Å². The highest BCUT2D eigenvalue weighted by molar-refractivity contribution is 7.13. The summed E-state index contributed by atoms with van der Waals surface area (Å²) in [5.41, 5.74) is 6.30. The fraction of sp³-hybridized carbons (Fsp3) is 0.636. The molecule has 0 bridgehead atoms. The molecule has 0 saturated carbocycles. The number of nitrogens with two attached hydrogens (primary N) is 1. The number of carbonyl (C=O) groups is 1. The molecule has 1 aromatic heterocycles.